The highest BCUT2D eigenvalue weighted by molar-refractivity contribution is 6.51. The Hall–Kier alpha value is -0.790. The molecule has 8 heteroatoms. The van der Waals surface area contributed by atoms with Crippen LogP contribution in [0, 0.1) is 0 Å². The van der Waals surface area contributed by atoms with Crippen LogP contribution < -0.4 is 0 Å². The van der Waals surface area contributed by atoms with Gasteiger partial charge in [0.25, 0.3) is 0 Å². The summed E-state index contributed by atoms with van der Waals surface area (Å²) in [4.78, 5) is 0. The van der Waals surface area contributed by atoms with Crippen molar-refractivity contribution in [3.63, 3.8) is 0 Å². The Morgan fingerprint density at radius 2 is 1.33 bits per heavy atom. The van der Waals surface area contributed by atoms with E-state index in [1.807, 2.05) is 74.4 Å². The molecule has 2 aliphatic rings. The van der Waals surface area contributed by atoms with Crippen LogP contribution in [0.15, 0.2) is 22.8 Å². The van der Waals surface area contributed by atoms with Crippen molar-refractivity contribution in [1.82, 2.24) is 0 Å². The van der Waals surface area contributed by atoms with E-state index in [0.29, 0.717) is 6.42 Å². The summed E-state index contributed by atoms with van der Waals surface area (Å²) >= 11 is 0. The maximum atomic E-state index is 6.36. The van der Waals surface area contributed by atoms with Gasteiger partial charge in [-0.3, -0.25) is 0 Å². The molecule has 2 saturated heterocycles. The molecule has 0 saturated carbocycles. The summed E-state index contributed by atoms with van der Waals surface area (Å²) < 4.78 is 36.6. The second kappa shape index (κ2) is 6.36. The van der Waals surface area contributed by atoms with Gasteiger partial charge < -0.3 is 27.7 Å². The Morgan fingerprint density at radius 1 is 0.852 bits per heavy atom. The van der Waals surface area contributed by atoms with E-state index >= 15 is 0 Å². The molecule has 27 heavy (non-hydrogen) atoms. The van der Waals surface area contributed by atoms with Crippen molar-refractivity contribution in [2.45, 2.75) is 96.6 Å². The zero-order valence-electron chi connectivity index (χ0n) is 18.0. The number of hydrogen-bond acceptors (Lipinski definition) is 6. The van der Waals surface area contributed by atoms with Gasteiger partial charge in [-0.25, -0.2) is 0 Å². The van der Waals surface area contributed by atoms with Gasteiger partial charge in [-0.1, -0.05) is 0 Å². The molecule has 0 N–H and O–H groups in total. The summed E-state index contributed by atoms with van der Waals surface area (Å²) in [5, 5.41) is 0. The van der Waals surface area contributed by atoms with Crippen LogP contribution in [0.2, 0.25) is 0 Å². The van der Waals surface area contributed by atoms with Crippen molar-refractivity contribution in [2.75, 3.05) is 0 Å². The SMILES string of the molecule is CC(Cc1ccco1)(OB1OC(C)(C)C(C)(C)O1)B1OC(C)(C)C(C)(C)O1. The summed E-state index contributed by atoms with van der Waals surface area (Å²) in [5.74, 6) is 0.781. The third kappa shape index (κ3) is 3.75. The smallest absolute Gasteiger partial charge is 0.469 e. The van der Waals surface area contributed by atoms with Crippen LogP contribution in [0.25, 0.3) is 0 Å². The zero-order chi connectivity index (χ0) is 20.3. The number of rotatable bonds is 5. The van der Waals surface area contributed by atoms with Crippen molar-refractivity contribution in [3.05, 3.63) is 24.2 Å². The van der Waals surface area contributed by atoms with Gasteiger partial charge in [0.2, 0.25) is 0 Å². The Kier molecular flexibility index (Phi) is 4.93. The predicted molar refractivity (Wildman–Crippen MR) is 104 cm³/mol. The van der Waals surface area contributed by atoms with Crippen LogP contribution >= 0.6 is 0 Å². The summed E-state index contributed by atoms with van der Waals surface area (Å²) in [7, 11) is -1.43. The van der Waals surface area contributed by atoms with Crippen LogP contribution in [0.4, 0.5) is 0 Å². The third-order valence-electron chi connectivity index (χ3n) is 6.45. The second-order valence-corrected chi connectivity index (χ2v) is 9.82. The average molecular weight is 378 g/mol. The van der Waals surface area contributed by atoms with Gasteiger partial charge in [0.1, 0.15) is 5.76 Å². The van der Waals surface area contributed by atoms with Crippen LogP contribution in [0.5, 0.6) is 0 Å². The molecule has 1 unspecified atom stereocenters. The lowest BCUT2D eigenvalue weighted by Gasteiger charge is -2.32. The van der Waals surface area contributed by atoms with Crippen molar-refractivity contribution >= 4 is 14.4 Å². The first kappa shape index (κ1) is 20.9. The maximum absolute atomic E-state index is 6.36. The van der Waals surface area contributed by atoms with Crippen molar-refractivity contribution in [3.8, 4) is 0 Å². The molecular weight excluding hydrogens is 346 g/mol. The molecule has 2 fully saturated rings. The van der Waals surface area contributed by atoms with Gasteiger partial charge in [-0.2, -0.15) is 0 Å². The Bertz CT molecular complexity index is 638. The largest absolute Gasteiger partial charge is 0.640 e. The lowest BCUT2D eigenvalue weighted by Crippen LogP contribution is -2.53. The standard InChI is InChI=1S/C19H32B2O6/c1-15(2)16(3,4)24-20(23-15)19(9,13-14-11-10-12-22-14)27-21-25-17(5,6)18(7,8)26-21/h10-12H,13H2,1-9H3. The minimum Gasteiger partial charge on any atom is -0.469 e. The molecule has 0 aromatic carbocycles. The van der Waals surface area contributed by atoms with Gasteiger partial charge in [-0.05, 0) is 74.4 Å². The Morgan fingerprint density at radius 3 is 1.78 bits per heavy atom. The van der Waals surface area contributed by atoms with Crippen LogP contribution in [0.3, 0.4) is 0 Å². The third-order valence-corrected chi connectivity index (χ3v) is 6.45. The minimum atomic E-state index is -0.871. The molecule has 1 atom stereocenters. The fraction of sp³-hybridized carbons (Fsp3) is 0.789. The van der Waals surface area contributed by atoms with Crippen molar-refractivity contribution in [2.24, 2.45) is 0 Å². The van der Waals surface area contributed by atoms with Gasteiger partial charge >= 0.3 is 14.4 Å². The Balaban J connectivity index is 1.86. The van der Waals surface area contributed by atoms with E-state index in [0.717, 1.165) is 5.76 Å². The second-order valence-electron chi connectivity index (χ2n) is 9.82. The summed E-state index contributed by atoms with van der Waals surface area (Å²) in [6, 6.07) is 3.77. The Labute approximate surface area is 163 Å². The fourth-order valence-electron chi connectivity index (χ4n) is 3.09. The van der Waals surface area contributed by atoms with Crippen molar-refractivity contribution < 1.29 is 27.7 Å². The molecule has 3 heterocycles. The van der Waals surface area contributed by atoms with Crippen molar-refractivity contribution in [1.29, 1.82) is 0 Å². The lowest BCUT2D eigenvalue weighted by atomic mass is 9.65. The van der Waals surface area contributed by atoms with Gasteiger partial charge in [0.05, 0.1) is 34.2 Å². The van der Waals surface area contributed by atoms with E-state index in [2.05, 4.69) is 0 Å². The number of furan rings is 1. The molecule has 0 radical (unpaired) electrons. The van der Waals surface area contributed by atoms with E-state index in [1.54, 1.807) is 6.26 Å². The van der Waals surface area contributed by atoms with E-state index < -0.39 is 42.3 Å². The first-order valence-corrected chi connectivity index (χ1v) is 9.59. The van der Waals surface area contributed by atoms with Gasteiger partial charge in [0, 0.05) is 6.42 Å². The first-order chi connectivity index (χ1) is 12.2. The topological polar surface area (TPSA) is 59.3 Å². The first-order valence-electron chi connectivity index (χ1n) is 9.59. The van der Waals surface area contributed by atoms with E-state index in [-0.39, 0.29) is 0 Å². The summed E-state index contributed by atoms with van der Waals surface area (Å²) in [5.41, 5.74) is -2.79. The summed E-state index contributed by atoms with van der Waals surface area (Å²) in [6.45, 7) is 18.0. The highest BCUT2D eigenvalue weighted by Gasteiger charge is 2.62. The molecule has 150 valence electrons. The monoisotopic (exact) mass is 378 g/mol. The summed E-state index contributed by atoms with van der Waals surface area (Å²) in [6.07, 6.45) is 2.11. The normalized spacial score (nSPS) is 27.7. The molecule has 0 bridgehead atoms. The van der Waals surface area contributed by atoms with Crippen LogP contribution in [-0.4, -0.2) is 42.3 Å². The van der Waals surface area contributed by atoms with Gasteiger partial charge in [0.15, 0.2) is 0 Å². The van der Waals surface area contributed by atoms with Crippen LogP contribution in [0.1, 0.15) is 68.1 Å². The van der Waals surface area contributed by atoms with Crippen LogP contribution in [-0.2, 0) is 29.7 Å². The van der Waals surface area contributed by atoms with E-state index in [4.69, 9.17) is 27.7 Å². The molecule has 0 spiro atoms. The zero-order valence-corrected chi connectivity index (χ0v) is 18.0. The fourth-order valence-corrected chi connectivity index (χ4v) is 3.09. The number of hydrogen-bond donors (Lipinski definition) is 0. The minimum absolute atomic E-state index is 0.459. The molecular formula is C19H32B2O6. The average Bonchev–Trinajstić information content (AvgIpc) is 3.08. The maximum Gasteiger partial charge on any atom is 0.640 e. The molecule has 0 amide bonds. The molecule has 1 aromatic rings. The molecule has 1 aromatic heterocycles. The molecule has 2 aliphatic heterocycles. The molecule has 6 nitrogen and oxygen atoms in total. The van der Waals surface area contributed by atoms with E-state index in [9.17, 15) is 0 Å². The lowest BCUT2D eigenvalue weighted by molar-refractivity contribution is 0.00578. The molecule has 3 rings (SSSR count). The highest BCUT2D eigenvalue weighted by Crippen LogP contribution is 2.43. The highest BCUT2D eigenvalue weighted by atomic mass is 16.8. The van der Waals surface area contributed by atoms with E-state index in [1.165, 1.54) is 0 Å². The van der Waals surface area contributed by atoms with Gasteiger partial charge in [-0.15, -0.1) is 0 Å². The molecule has 0 aliphatic carbocycles. The predicted octanol–water partition coefficient (Wildman–Crippen LogP) is 3.82. The quantitative estimate of drug-likeness (QED) is 0.727.